The molecular weight excluding hydrogens is 344 g/mol. The Morgan fingerprint density at radius 3 is 2.64 bits per heavy atom. The van der Waals surface area contributed by atoms with Crippen LogP contribution in [0.2, 0.25) is 5.02 Å². The van der Waals surface area contributed by atoms with Gasteiger partial charge < -0.3 is 13.9 Å². The van der Waals surface area contributed by atoms with Gasteiger partial charge in [0.05, 0.1) is 10.9 Å². The van der Waals surface area contributed by atoms with E-state index in [0.717, 1.165) is 0 Å². The van der Waals surface area contributed by atoms with Crippen molar-refractivity contribution >= 4 is 17.5 Å². The molecule has 0 unspecified atom stereocenters. The SMILES string of the molecule is Cc1noc(C2CN(C(=O)c3c(-c4ccccc4Cl)noc3C)C2)n1. The summed E-state index contributed by atoms with van der Waals surface area (Å²) in [6, 6.07) is 7.24. The van der Waals surface area contributed by atoms with Crippen LogP contribution in [0.3, 0.4) is 0 Å². The molecule has 8 heteroatoms. The largest absolute Gasteiger partial charge is 0.360 e. The summed E-state index contributed by atoms with van der Waals surface area (Å²) in [5.74, 6) is 1.55. The van der Waals surface area contributed by atoms with Gasteiger partial charge in [-0.1, -0.05) is 40.1 Å². The zero-order valence-electron chi connectivity index (χ0n) is 13.7. The Bertz CT molecular complexity index is 943. The number of aryl methyl sites for hydroxylation is 2. The van der Waals surface area contributed by atoms with Crippen molar-refractivity contribution in [3.8, 4) is 11.3 Å². The molecule has 1 aliphatic heterocycles. The molecule has 3 aromatic rings. The molecule has 0 atom stereocenters. The van der Waals surface area contributed by atoms with E-state index in [2.05, 4.69) is 15.3 Å². The number of hydrogen-bond acceptors (Lipinski definition) is 6. The molecule has 0 N–H and O–H groups in total. The lowest BCUT2D eigenvalue weighted by atomic mass is 9.97. The zero-order valence-corrected chi connectivity index (χ0v) is 14.4. The second kappa shape index (κ2) is 6.00. The van der Waals surface area contributed by atoms with Crippen LogP contribution in [0.5, 0.6) is 0 Å². The van der Waals surface area contributed by atoms with Crippen molar-refractivity contribution in [1.29, 1.82) is 0 Å². The van der Waals surface area contributed by atoms with E-state index in [9.17, 15) is 4.79 Å². The molecule has 0 spiro atoms. The van der Waals surface area contributed by atoms with E-state index in [1.165, 1.54) is 0 Å². The second-order valence-electron chi connectivity index (χ2n) is 6.03. The third kappa shape index (κ3) is 2.70. The third-order valence-electron chi connectivity index (χ3n) is 4.27. The van der Waals surface area contributed by atoms with Crippen molar-refractivity contribution in [1.82, 2.24) is 20.2 Å². The van der Waals surface area contributed by atoms with Crippen LogP contribution in [0.4, 0.5) is 0 Å². The summed E-state index contributed by atoms with van der Waals surface area (Å²) in [5, 5.41) is 8.35. The number of aromatic nitrogens is 3. The highest BCUT2D eigenvalue weighted by Crippen LogP contribution is 2.34. The maximum Gasteiger partial charge on any atom is 0.259 e. The summed E-state index contributed by atoms with van der Waals surface area (Å²) in [6.07, 6.45) is 0. The monoisotopic (exact) mass is 358 g/mol. The Kier molecular flexibility index (Phi) is 3.80. The molecule has 1 fully saturated rings. The number of rotatable bonds is 3. The third-order valence-corrected chi connectivity index (χ3v) is 4.60. The fourth-order valence-corrected chi connectivity index (χ4v) is 3.12. The summed E-state index contributed by atoms with van der Waals surface area (Å²) >= 11 is 6.24. The lowest BCUT2D eigenvalue weighted by Gasteiger charge is -2.37. The van der Waals surface area contributed by atoms with Crippen LogP contribution in [0.1, 0.15) is 33.8 Å². The molecule has 0 saturated carbocycles. The molecule has 0 bridgehead atoms. The van der Waals surface area contributed by atoms with Crippen LogP contribution in [-0.4, -0.2) is 39.2 Å². The first-order valence-corrected chi connectivity index (χ1v) is 8.23. The zero-order chi connectivity index (χ0) is 17.6. The number of nitrogens with zero attached hydrogens (tertiary/aromatic N) is 4. The van der Waals surface area contributed by atoms with E-state index in [4.69, 9.17) is 20.6 Å². The highest BCUT2D eigenvalue weighted by molar-refractivity contribution is 6.33. The van der Waals surface area contributed by atoms with Crippen LogP contribution in [0, 0.1) is 13.8 Å². The van der Waals surface area contributed by atoms with Gasteiger partial charge in [-0.15, -0.1) is 0 Å². The highest BCUT2D eigenvalue weighted by Gasteiger charge is 2.38. The lowest BCUT2D eigenvalue weighted by Crippen LogP contribution is -2.48. The Morgan fingerprint density at radius 1 is 1.20 bits per heavy atom. The quantitative estimate of drug-likeness (QED) is 0.714. The molecule has 4 rings (SSSR count). The molecule has 1 aliphatic rings. The number of carbonyl (C=O) groups excluding carboxylic acids is 1. The van der Waals surface area contributed by atoms with Gasteiger partial charge in [-0.2, -0.15) is 4.98 Å². The normalized spacial score (nSPS) is 14.6. The number of amides is 1. The highest BCUT2D eigenvalue weighted by atomic mass is 35.5. The number of benzene rings is 1. The van der Waals surface area contributed by atoms with Gasteiger partial charge in [0.25, 0.3) is 5.91 Å². The number of carbonyl (C=O) groups is 1. The topological polar surface area (TPSA) is 85.3 Å². The summed E-state index contributed by atoms with van der Waals surface area (Å²) in [7, 11) is 0. The van der Waals surface area contributed by atoms with Crippen LogP contribution in [0.15, 0.2) is 33.3 Å². The first-order valence-electron chi connectivity index (χ1n) is 7.85. The summed E-state index contributed by atoms with van der Waals surface area (Å²) < 4.78 is 10.4. The van der Waals surface area contributed by atoms with Crippen molar-refractivity contribution in [3.05, 3.63) is 52.3 Å². The molecule has 1 aromatic carbocycles. The molecule has 128 valence electrons. The predicted molar refractivity (Wildman–Crippen MR) is 89.4 cm³/mol. The Hall–Kier alpha value is -2.67. The van der Waals surface area contributed by atoms with E-state index in [0.29, 0.717) is 52.4 Å². The molecule has 3 heterocycles. The minimum atomic E-state index is -0.138. The van der Waals surface area contributed by atoms with E-state index in [1.807, 2.05) is 18.2 Å². The average molecular weight is 359 g/mol. The number of halogens is 1. The van der Waals surface area contributed by atoms with Crippen molar-refractivity contribution in [2.24, 2.45) is 0 Å². The van der Waals surface area contributed by atoms with Gasteiger partial charge in [-0.25, -0.2) is 0 Å². The van der Waals surface area contributed by atoms with Crippen LogP contribution in [0.25, 0.3) is 11.3 Å². The molecule has 7 nitrogen and oxygen atoms in total. The summed E-state index contributed by atoms with van der Waals surface area (Å²) in [5.41, 5.74) is 1.58. The van der Waals surface area contributed by atoms with Crippen molar-refractivity contribution in [2.45, 2.75) is 19.8 Å². The fourth-order valence-electron chi connectivity index (χ4n) is 2.90. The van der Waals surface area contributed by atoms with E-state index in [1.54, 1.807) is 24.8 Å². The van der Waals surface area contributed by atoms with Gasteiger partial charge in [-0.05, 0) is 19.9 Å². The van der Waals surface area contributed by atoms with Crippen molar-refractivity contribution in [2.75, 3.05) is 13.1 Å². The average Bonchev–Trinajstić information content (AvgIpc) is 3.12. The Balaban J connectivity index is 1.58. The minimum absolute atomic E-state index is 0.0640. The van der Waals surface area contributed by atoms with Gasteiger partial charge in [0.1, 0.15) is 17.0 Å². The van der Waals surface area contributed by atoms with Gasteiger partial charge in [0.2, 0.25) is 5.89 Å². The molecule has 0 aliphatic carbocycles. The van der Waals surface area contributed by atoms with Gasteiger partial charge in [0, 0.05) is 18.7 Å². The van der Waals surface area contributed by atoms with E-state index in [-0.39, 0.29) is 11.8 Å². The van der Waals surface area contributed by atoms with Crippen molar-refractivity contribution < 1.29 is 13.8 Å². The maximum atomic E-state index is 12.9. The lowest BCUT2D eigenvalue weighted by molar-refractivity contribution is 0.0568. The predicted octanol–water partition coefficient (Wildman–Crippen LogP) is 3.23. The molecule has 1 amide bonds. The Labute approximate surface area is 148 Å². The van der Waals surface area contributed by atoms with Gasteiger partial charge in [0.15, 0.2) is 5.82 Å². The van der Waals surface area contributed by atoms with Gasteiger partial charge >= 0.3 is 0 Å². The fraction of sp³-hybridized carbons (Fsp3) is 0.294. The number of hydrogen-bond donors (Lipinski definition) is 0. The molecular formula is C17H15ClN4O3. The smallest absolute Gasteiger partial charge is 0.259 e. The molecule has 25 heavy (non-hydrogen) atoms. The summed E-state index contributed by atoms with van der Waals surface area (Å²) in [4.78, 5) is 18.8. The number of likely N-dealkylation sites (tertiary alicyclic amines) is 1. The minimum Gasteiger partial charge on any atom is -0.360 e. The van der Waals surface area contributed by atoms with Gasteiger partial charge in [-0.3, -0.25) is 4.79 Å². The first kappa shape index (κ1) is 15.8. The van der Waals surface area contributed by atoms with Crippen molar-refractivity contribution in [3.63, 3.8) is 0 Å². The molecule has 0 radical (unpaired) electrons. The Morgan fingerprint density at radius 2 is 1.96 bits per heavy atom. The first-order chi connectivity index (χ1) is 12.0. The molecule has 1 saturated heterocycles. The van der Waals surface area contributed by atoms with Crippen LogP contribution in [-0.2, 0) is 0 Å². The summed E-state index contributed by atoms with van der Waals surface area (Å²) in [6.45, 7) is 4.53. The maximum absolute atomic E-state index is 12.9. The van der Waals surface area contributed by atoms with Crippen LogP contribution >= 0.6 is 11.6 Å². The van der Waals surface area contributed by atoms with Crippen LogP contribution < -0.4 is 0 Å². The molecule has 2 aromatic heterocycles. The van der Waals surface area contributed by atoms with E-state index >= 15 is 0 Å². The van der Waals surface area contributed by atoms with E-state index < -0.39 is 0 Å². The second-order valence-corrected chi connectivity index (χ2v) is 6.44. The standard InChI is InChI=1S/C17H15ClN4O3/c1-9-14(15(21-24-9)12-5-3-4-6-13(12)18)17(23)22-7-11(8-22)16-19-10(2)20-25-16/h3-6,11H,7-8H2,1-2H3.